The highest BCUT2D eigenvalue weighted by molar-refractivity contribution is 5.95. The average Bonchev–Trinajstić information content (AvgIpc) is 2.91. The van der Waals surface area contributed by atoms with E-state index in [1.54, 1.807) is 11.0 Å². The van der Waals surface area contributed by atoms with E-state index in [4.69, 9.17) is 4.74 Å². The van der Waals surface area contributed by atoms with Crippen molar-refractivity contribution in [3.05, 3.63) is 28.3 Å². The Morgan fingerprint density at radius 3 is 2.59 bits per heavy atom. The third kappa shape index (κ3) is 4.96. The van der Waals surface area contributed by atoms with Gasteiger partial charge in [-0.2, -0.15) is 0 Å². The molecule has 1 aromatic carbocycles. The van der Waals surface area contributed by atoms with Crippen LogP contribution in [-0.4, -0.2) is 35.9 Å². The number of rotatable bonds is 6. The molecule has 0 unspecified atom stereocenters. The number of carbonyl (C=O) groups is 2. The fraction of sp³-hybridized carbons (Fsp3) is 0.579. The summed E-state index contributed by atoms with van der Waals surface area (Å²) in [6, 6.07) is 4.48. The van der Waals surface area contributed by atoms with Crippen LogP contribution in [0.3, 0.4) is 0 Å². The van der Waals surface area contributed by atoms with E-state index in [9.17, 15) is 19.7 Å². The molecule has 0 bridgehead atoms. The second-order valence-electron chi connectivity index (χ2n) is 7.10. The zero-order chi connectivity index (χ0) is 19.2. The molecular formula is C19H25N3O5. The molecule has 1 heterocycles. The van der Waals surface area contributed by atoms with E-state index < -0.39 is 4.92 Å². The van der Waals surface area contributed by atoms with Crippen LogP contribution in [0.2, 0.25) is 0 Å². The van der Waals surface area contributed by atoms with Gasteiger partial charge in [0, 0.05) is 36.8 Å². The minimum absolute atomic E-state index is 0.00761. The molecule has 1 aromatic rings. The van der Waals surface area contributed by atoms with Crippen molar-refractivity contribution in [2.75, 3.05) is 18.1 Å². The maximum atomic E-state index is 12.2. The number of benzene rings is 1. The van der Waals surface area contributed by atoms with Crippen LogP contribution in [0.4, 0.5) is 11.4 Å². The molecule has 2 amide bonds. The molecule has 2 fully saturated rings. The summed E-state index contributed by atoms with van der Waals surface area (Å²) in [6.07, 6.45) is 7.73. The number of ether oxygens (including phenoxy) is 1. The van der Waals surface area contributed by atoms with Gasteiger partial charge in [-0.3, -0.25) is 19.7 Å². The summed E-state index contributed by atoms with van der Waals surface area (Å²) < 4.78 is 5.48. The molecule has 146 valence electrons. The third-order valence-electron chi connectivity index (χ3n) is 5.10. The Morgan fingerprint density at radius 1 is 1.22 bits per heavy atom. The van der Waals surface area contributed by atoms with Gasteiger partial charge in [-0.25, -0.2) is 0 Å². The molecule has 1 saturated carbocycles. The first-order chi connectivity index (χ1) is 13.0. The second kappa shape index (κ2) is 8.83. The lowest BCUT2D eigenvalue weighted by atomic mass is 10.1. The Labute approximate surface area is 158 Å². The lowest BCUT2D eigenvalue weighted by Crippen LogP contribution is -2.37. The number of hydrogen-bond acceptors (Lipinski definition) is 5. The van der Waals surface area contributed by atoms with Crippen molar-refractivity contribution in [1.82, 2.24) is 5.32 Å². The Kier molecular flexibility index (Phi) is 6.26. The van der Waals surface area contributed by atoms with Gasteiger partial charge in [-0.15, -0.1) is 0 Å². The summed E-state index contributed by atoms with van der Waals surface area (Å²) >= 11 is 0. The summed E-state index contributed by atoms with van der Waals surface area (Å²) in [6.45, 7) is 0.299. The van der Waals surface area contributed by atoms with Gasteiger partial charge in [0.25, 0.3) is 5.91 Å². The number of hydrogen-bond donors (Lipinski definition) is 1. The van der Waals surface area contributed by atoms with Crippen LogP contribution in [0.25, 0.3) is 0 Å². The lowest BCUT2D eigenvalue weighted by molar-refractivity contribution is -0.385. The monoisotopic (exact) mass is 375 g/mol. The first-order valence-electron chi connectivity index (χ1n) is 9.55. The van der Waals surface area contributed by atoms with E-state index in [2.05, 4.69) is 5.32 Å². The van der Waals surface area contributed by atoms with Crippen LogP contribution >= 0.6 is 0 Å². The fourth-order valence-corrected chi connectivity index (χ4v) is 3.69. The van der Waals surface area contributed by atoms with Gasteiger partial charge in [-0.1, -0.05) is 25.7 Å². The van der Waals surface area contributed by atoms with Gasteiger partial charge in [0.2, 0.25) is 5.91 Å². The Bertz CT molecular complexity index is 713. The molecular weight excluding hydrogens is 350 g/mol. The van der Waals surface area contributed by atoms with Crippen LogP contribution in [0, 0.1) is 10.1 Å². The molecule has 1 N–H and O–H groups in total. The van der Waals surface area contributed by atoms with Gasteiger partial charge in [-0.05, 0) is 25.3 Å². The Morgan fingerprint density at radius 2 is 1.96 bits per heavy atom. The highest BCUT2D eigenvalue weighted by atomic mass is 16.6. The van der Waals surface area contributed by atoms with E-state index in [0.29, 0.717) is 18.7 Å². The van der Waals surface area contributed by atoms with E-state index in [0.717, 1.165) is 32.1 Å². The molecule has 0 radical (unpaired) electrons. The minimum Gasteiger partial charge on any atom is -0.477 e. The predicted molar refractivity (Wildman–Crippen MR) is 99.8 cm³/mol. The number of nitrogens with zero attached hydrogens (tertiary/aromatic N) is 2. The molecule has 1 saturated heterocycles. The number of nitro benzene ring substituents is 1. The summed E-state index contributed by atoms with van der Waals surface area (Å²) in [5.41, 5.74) is 0.343. The summed E-state index contributed by atoms with van der Waals surface area (Å²) in [5.74, 6) is -0.284. The highest BCUT2D eigenvalue weighted by Crippen LogP contribution is 2.33. The van der Waals surface area contributed by atoms with Crippen molar-refractivity contribution in [2.45, 2.75) is 57.4 Å². The molecule has 1 aliphatic heterocycles. The van der Waals surface area contributed by atoms with Gasteiger partial charge in [0.1, 0.15) is 0 Å². The van der Waals surface area contributed by atoms with E-state index in [1.165, 1.54) is 25.0 Å². The van der Waals surface area contributed by atoms with Gasteiger partial charge in [0.05, 0.1) is 4.92 Å². The largest absolute Gasteiger partial charge is 0.477 e. The van der Waals surface area contributed by atoms with Crippen molar-refractivity contribution < 1.29 is 19.2 Å². The lowest BCUT2D eigenvalue weighted by Gasteiger charge is -2.18. The molecule has 2 aliphatic rings. The van der Waals surface area contributed by atoms with Gasteiger partial charge < -0.3 is 15.0 Å². The summed E-state index contributed by atoms with van der Waals surface area (Å²) in [7, 11) is 0. The second-order valence-corrected chi connectivity index (χ2v) is 7.10. The van der Waals surface area contributed by atoms with Crippen molar-refractivity contribution in [3.8, 4) is 5.75 Å². The fourth-order valence-electron chi connectivity index (χ4n) is 3.69. The van der Waals surface area contributed by atoms with Gasteiger partial charge in [0.15, 0.2) is 12.4 Å². The van der Waals surface area contributed by atoms with Crippen molar-refractivity contribution in [3.63, 3.8) is 0 Å². The number of nitrogens with one attached hydrogen (secondary N) is 1. The van der Waals surface area contributed by atoms with Gasteiger partial charge >= 0.3 is 5.69 Å². The molecule has 1 aliphatic carbocycles. The summed E-state index contributed by atoms with van der Waals surface area (Å²) in [5, 5.41) is 14.2. The van der Waals surface area contributed by atoms with Crippen LogP contribution in [0.15, 0.2) is 18.2 Å². The van der Waals surface area contributed by atoms with Crippen molar-refractivity contribution in [1.29, 1.82) is 0 Å². The van der Waals surface area contributed by atoms with Crippen molar-refractivity contribution >= 4 is 23.2 Å². The van der Waals surface area contributed by atoms with Crippen molar-refractivity contribution in [2.24, 2.45) is 0 Å². The third-order valence-corrected chi connectivity index (χ3v) is 5.10. The molecule has 0 spiro atoms. The Hall–Kier alpha value is -2.64. The summed E-state index contributed by atoms with van der Waals surface area (Å²) in [4.78, 5) is 36.4. The first-order valence-corrected chi connectivity index (χ1v) is 9.55. The maximum absolute atomic E-state index is 12.2. The highest BCUT2D eigenvalue weighted by Gasteiger charge is 2.25. The Balaban J connectivity index is 1.65. The minimum atomic E-state index is -0.547. The van der Waals surface area contributed by atoms with Crippen LogP contribution in [0.1, 0.15) is 51.4 Å². The van der Waals surface area contributed by atoms with E-state index >= 15 is 0 Å². The van der Waals surface area contributed by atoms with Crippen LogP contribution in [0.5, 0.6) is 5.75 Å². The normalized spacial score (nSPS) is 18.2. The number of amides is 2. The standard InChI is InChI=1S/C19H25N3O5/c23-18(20-14-6-3-1-2-4-7-14)13-27-17-12-15(9-10-16(17)22(25)26)21-11-5-8-19(21)24/h9-10,12,14H,1-8,11,13H2,(H,20,23). The topological polar surface area (TPSA) is 102 Å². The quantitative estimate of drug-likeness (QED) is 0.468. The molecule has 27 heavy (non-hydrogen) atoms. The zero-order valence-corrected chi connectivity index (χ0v) is 15.3. The molecule has 0 aromatic heterocycles. The number of anilines is 1. The van der Waals surface area contributed by atoms with Crippen LogP contribution < -0.4 is 15.0 Å². The SMILES string of the molecule is O=C(COc1cc(N2CCCC2=O)ccc1[N+](=O)[O-])NC1CCCCCC1. The smallest absolute Gasteiger partial charge is 0.311 e. The zero-order valence-electron chi connectivity index (χ0n) is 15.3. The molecule has 3 rings (SSSR count). The van der Waals surface area contributed by atoms with E-state index in [-0.39, 0.29) is 35.9 Å². The number of carbonyl (C=O) groups excluding carboxylic acids is 2. The molecule has 0 atom stereocenters. The van der Waals surface area contributed by atoms with E-state index in [1.807, 2.05) is 0 Å². The first kappa shape index (κ1) is 19.1. The average molecular weight is 375 g/mol. The molecule has 8 heteroatoms. The maximum Gasteiger partial charge on any atom is 0.311 e. The van der Waals surface area contributed by atoms with Crippen LogP contribution in [-0.2, 0) is 9.59 Å². The number of nitro groups is 1. The predicted octanol–water partition coefficient (Wildman–Crippen LogP) is 2.94. The molecule has 8 nitrogen and oxygen atoms in total.